The van der Waals surface area contributed by atoms with Gasteiger partial charge in [-0.15, -0.1) is 0 Å². The predicted octanol–water partition coefficient (Wildman–Crippen LogP) is 2.94. The summed E-state index contributed by atoms with van der Waals surface area (Å²) < 4.78 is 2.32. The molecule has 1 aromatic rings. The topological polar surface area (TPSA) is 73.6 Å². The van der Waals surface area contributed by atoms with Crippen molar-refractivity contribution in [2.75, 3.05) is 36.9 Å². The highest BCUT2D eigenvalue weighted by atomic mass is 31.0. The molecule has 4 N–H and O–H groups in total. The van der Waals surface area contributed by atoms with Crippen LogP contribution >= 0.6 is 9.39 Å². The van der Waals surface area contributed by atoms with Crippen LogP contribution in [0, 0.1) is 0 Å². The average molecular weight is 416 g/mol. The number of nitrogens with two attached hydrogens (primary N) is 1. The van der Waals surface area contributed by atoms with Crippen LogP contribution in [-0.4, -0.2) is 43.3 Å². The minimum atomic E-state index is -0.213. The zero-order valence-corrected chi connectivity index (χ0v) is 19.1. The van der Waals surface area contributed by atoms with E-state index in [1.807, 2.05) is 19.1 Å². The van der Waals surface area contributed by atoms with E-state index >= 15 is 0 Å². The Labute approximate surface area is 176 Å². The lowest BCUT2D eigenvalue weighted by Crippen LogP contribution is -2.43. The van der Waals surface area contributed by atoms with Gasteiger partial charge in [0.1, 0.15) is 5.82 Å². The Morgan fingerprint density at radius 3 is 2.62 bits per heavy atom. The number of carbonyl (C=O) groups is 1. The minimum absolute atomic E-state index is 0.0997. The normalized spacial score (nSPS) is 20.5. The van der Waals surface area contributed by atoms with Crippen molar-refractivity contribution < 1.29 is 4.79 Å². The van der Waals surface area contributed by atoms with Gasteiger partial charge in [-0.05, 0) is 37.5 Å². The van der Waals surface area contributed by atoms with Crippen LogP contribution in [0.2, 0.25) is 0 Å². The lowest BCUT2D eigenvalue weighted by Gasteiger charge is -2.37. The molecule has 1 atom stereocenters. The molecule has 6 nitrogen and oxygen atoms in total. The Morgan fingerprint density at radius 1 is 1.31 bits per heavy atom. The van der Waals surface area contributed by atoms with Gasteiger partial charge in [0.15, 0.2) is 0 Å². The van der Waals surface area contributed by atoms with Crippen molar-refractivity contribution in [3.63, 3.8) is 0 Å². The molecule has 1 aromatic carbocycles. The van der Waals surface area contributed by atoms with Gasteiger partial charge >= 0.3 is 0 Å². The fraction of sp³-hybridized carbons (Fsp3) is 0.500. The summed E-state index contributed by atoms with van der Waals surface area (Å²) in [6.07, 6.45) is 5.84. The molecule has 1 saturated heterocycles. The van der Waals surface area contributed by atoms with Crippen molar-refractivity contribution in [3.05, 3.63) is 47.3 Å². The van der Waals surface area contributed by atoms with Crippen molar-refractivity contribution >= 4 is 26.7 Å². The molecule has 0 spiro atoms. The molecular weight excluding hydrogens is 381 g/mol. The van der Waals surface area contributed by atoms with E-state index in [4.69, 9.17) is 5.73 Å². The van der Waals surface area contributed by atoms with Crippen LogP contribution in [0.3, 0.4) is 0 Å². The maximum atomic E-state index is 12.8. The molecular formula is C22H34N5OP. The first-order valence-electron chi connectivity index (χ1n) is 10.3. The molecule has 2 aliphatic rings. The lowest BCUT2D eigenvalue weighted by molar-refractivity contribution is -0.112. The van der Waals surface area contributed by atoms with E-state index in [0.29, 0.717) is 17.4 Å². The van der Waals surface area contributed by atoms with Gasteiger partial charge in [-0.2, -0.15) is 0 Å². The third kappa shape index (κ3) is 4.59. The van der Waals surface area contributed by atoms with Gasteiger partial charge in [0.2, 0.25) is 0 Å². The molecule has 1 fully saturated rings. The molecule has 158 valence electrons. The standard InChI is InChI=1S/C22H34N5OP/c1-5-6-17(20(23)24-4)21(28)25-15-7-8-18-19(13-15)27(14-22(18,2)3)16-9-11-26(29)12-10-16/h5-8,13,16,24H,9-12,14,23,29H2,1-4H3,(H,25,28)/b6-5-,20-17-. The number of benzene rings is 1. The number of rotatable bonds is 5. The Bertz CT molecular complexity index is 824. The predicted molar refractivity (Wildman–Crippen MR) is 125 cm³/mol. The first-order valence-corrected chi connectivity index (χ1v) is 10.8. The third-order valence-electron chi connectivity index (χ3n) is 5.94. The number of nitrogens with one attached hydrogen (secondary N) is 2. The number of carbonyl (C=O) groups excluding carboxylic acids is 1. The summed E-state index contributed by atoms with van der Waals surface area (Å²) in [6, 6.07) is 6.82. The number of anilines is 2. The van der Waals surface area contributed by atoms with Crippen LogP contribution in [-0.2, 0) is 10.2 Å². The van der Waals surface area contributed by atoms with Crippen molar-refractivity contribution in [2.24, 2.45) is 5.73 Å². The van der Waals surface area contributed by atoms with Crippen LogP contribution in [0.25, 0.3) is 0 Å². The number of piperidine rings is 1. The molecule has 0 saturated carbocycles. The number of fused-ring (bicyclic) bond motifs is 1. The van der Waals surface area contributed by atoms with Crippen LogP contribution in [0.5, 0.6) is 0 Å². The van der Waals surface area contributed by atoms with E-state index in [0.717, 1.165) is 38.2 Å². The van der Waals surface area contributed by atoms with E-state index in [1.54, 1.807) is 13.1 Å². The molecule has 7 heteroatoms. The summed E-state index contributed by atoms with van der Waals surface area (Å²) in [7, 11) is 4.53. The second kappa shape index (κ2) is 8.76. The Hall–Kier alpha value is -2.04. The molecule has 3 rings (SSSR count). The molecule has 29 heavy (non-hydrogen) atoms. The summed E-state index contributed by atoms with van der Waals surface area (Å²) >= 11 is 0. The number of hydrogen-bond donors (Lipinski definition) is 3. The molecule has 1 unspecified atom stereocenters. The van der Waals surface area contributed by atoms with Crippen molar-refractivity contribution in [1.82, 2.24) is 9.99 Å². The van der Waals surface area contributed by atoms with E-state index in [1.165, 1.54) is 11.3 Å². The summed E-state index contributed by atoms with van der Waals surface area (Å²) in [6.45, 7) is 9.67. The Morgan fingerprint density at radius 2 is 2.00 bits per heavy atom. The maximum absolute atomic E-state index is 12.8. The van der Waals surface area contributed by atoms with Crippen molar-refractivity contribution in [2.45, 2.75) is 45.1 Å². The summed E-state index contributed by atoms with van der Waals surface area (Å²) in [5, 5.41) is 5.88. The monoisotopic (exact) mass is 415 g/mol. The van der Waals surface area contributed by atoms with E-state index in [2.05, 4.69) is 55.6 Å². The van der Waals surface area contributed by atoms with Gasteiger partial charge in [-0.25, -0.2) is 0 Å². The SMILES string of the molecule is C/C=C\C(C(=O)Nc1ccc2c(c1)N(C1CCN(P)CC1)CC2(C)C)=C(/N)NC. The zero-order chi connectivity index (χ0) is 21.2. The second-order valence-electron chi connectivity index (χ2n) is 8.54. The van der Waals surface area contributed by atoms with E-state index < -0.39 is 0 Å². The average Bonchev–Trinajstić information content (AvgIpc) is 2.96. The molecule has 0 aromatic heterocycles. The first-order chi connectivity index (χ1) is 13.8. The molecule has 0 radical (unpaired) electrons. The van der Waals surface area contributed by atoms with Crippen LogP contribution in [0.4, 0.5) is 11.4 Å². The molecule has 1 amide bonds. The molecule has 0 bridgehead atoms. The molecule has 0 aliphatic carbocycles. The quantitative estimate of drug-likeness (QED) is 0.392. The van der Waals surface area contributed by atoms with Gasteiger partial charge in [-0.3, -0.25) is 9.46 Å². The van der Waals surface area contributed by atoms with Crippen molar-refractivity contribution in [1.29, 1.82) is 0 Å². The van der Waals surface area contributed by atoms with Gasteiger partial charge in [0.05, 0.1) is 5.57 Å². The summed E-state index contributed by atoms with van der Waals surface area (Å²) in [5.74, 6) is 0.142. The molecule has 2 aliphatic heterocycles. The van der Waals surface area contributed by atoms with Gasteiger partial charge in [-0.1, -0.05) is 41.5 Å². The van der Waals surface area contributed by atoms with Gasteiger partial charge in [0, 0.05) is 49.5 Å². The lowest BCUT2D eigenvalue weighted by atomic mass is 9.87. The molecule has 2 heterocycles. The highest BCUT2D eigenvalue weighted by molar-refractivity contribution is 7.13. The largest absolute Gasteiger partial charge is 0.385 e. The Balaban J connectivity index is 1.87. The number of nitrogens with zero attached hydrogens (tertiary/aromatic N) is 2. The third-order valence-corrected chi connectivity index (χ3v) is 6.45. The minimum Gasteiger partial charge on any atom is -0.385 e. The first kappa shape index (κ1) is 21.7. The summed E-state index contributed by atoms with van der Waals surface area (Å²) in [4.78, 5) is 15.3. The second-order valence-corrected chi connectivity index (χ2v) is 9.27. The number of allylic oxidation sites excluding steroid dienone is 1. The highest BCUT2D eigenvalue weighted by Crippen LogP contribution is 2.44. The number of hydrogen-bond acceptors (Lipinski definition) is 5. The van der Waals surface area contributed by atoms with Gasteiger partial charge in [0.25, 0.3) is 5.91 Å². The fourth-order valence-electron chi connectivity index (χ4n) is 4.33. The van der Waals surface area contributed by atoms with Crippen LogP contribution < -0.4 is 21.3 Å². The maximum Gasteiger partial charge on any atom is 0.259 e. The van der Waals surface area contributed by atoms with Crippen LogP contribution in [0.1, 0.15) is 39.2 Å². The summed E-state index contributed by atoms with van der Waals surface area (Å²) in [5.41, 5.74) is 9.88. The zero-order valence-electron chi connectivity index (χ0n) is 18.0. The van der Waals surface area contributed by atoms with E-state index in [-0.39, 0.29) is 11.3 Å². The van der Waals surface area contributed by atoms with Crippen LogP contribution in [0.15, 0.2) is 41.7 Å². The number of amides is 1. The van der Waals surface area contributed by atoms with Crippen molar-refractivity contribution in [3.8, 4) is 0 Å². The smallest absolute Gasteiger partial charge is 0.259 e. The fourth-order valence-corrected chi connectivity index (χ4v) is 4.62. The Kier molecular flexibility index (Phi) is 6.55. The van der Waals surface area contributed by atoms with Gasteiger partial charge < -0.3 is 21.3 Å². The van der Waals surface area contributed by atoms with E-state index in [9.17, 15) is 4.79 Å². The highest BCUT2D eigenvalue weighted by Gasteiger charge is 2.38.